The van der Waals surface area contributed by atoms with E-state index in [-0.39, 0.29) is 6.04 Å². The van der Waals surface area contributed by atoms with E-state index in [4.69, 9.17) is 15.2 Å². The molecule has 0 aliphatic heterocycles. The summed E-state index contributed by atoms with van der Waals surface area (Å²) in [7, 11) is 3.25. The summed E-state index contributed by atoms with van der Waals surface area (Å²) in [5, 5.41) is 0. The largest absolute Gasteiger partial charge is 0.497 e. The molecular weight excluding hydrogens is 240 g/mol. The lowest BCUT2D eigenvalue weighted by Gasteiger charge is -2.18. The SMILES string of the molecule is COc1ccc(C(N)c2cnccc2C)c(OC)c1. The molecule has 2 aromatic rings. The van der Waals surface area contributed by atoms with Crippen LogP contribution in [0, 0.1) is 6.92 Å². The molecule has 0 spiro atoms. The number of benzene rings is 1. The zero-order chi connectivity index (χ0) is 13.8. The Bertz CT molecular complexity index is 570. The van der Waals surface area contributed by atoms with Gasteiger partial charge in [0.15, 0.2) is 0 Å². The summed E-state index contributed by atoms with van der Waals surface area (Å²) in [6.45, 7) is 2.02. The molecule has 1 atom stereocenters. The molecule has 4 nitrogen and oxygen atoms in total. The molecule has 0 aliphatic rings. The van der Waals surface area contributed by atoms with E-state index in [1.54, 1.807) is 26.6 Å². The van der Waals surface area contributed by atoms with Gasteiger partial charge >= 0.3 is 0 Å². The summed E-state index contributed by atoms with van der Waals surface area (Å²) in [5.41, 5.74) is 9.34. The molecule has 1 unspecified atom stereocenters. The first-order valence-electron chi connectivity index (χ1n) is 6.05. The third-order valence-electron chi connectivity index (χ3n) is 3.19. The highest BCUT2D eigenvalue weighted by molar-refractivity contribution is 5.46. The van der Waals surface area contributed by atoms with Crippen molar-refractivity contribution < 1.29 is 9.47 Å². The van der Waals surface area contributed by atoms with E-state index in [1.807, 2.05) is 31.2 Å². The Balaban J connectivity index is 2.44. The number of ether oxygens (including phenoxy) is 2. The number of aromatic nitrogens is 1. The van der Waals surface area contributed by atoms with Crippen LogP contribution in [0.25, 0.3) is 0 Å². The van der Waals surface area contributed by atoms with E-state index >= 15 is 0 Å². The minimum Gasteiger partial charge on any atom is -0.497 e. The van der Waals surface area contributed by atoms with Gasteiger partial charge in [0, 0.05) is 24.0 Å². The van der Waals surface area contributed by atoms with Gasteiger partial charge < -0.3 is 15.2 Å². The van der Waals surface area contributed by atoms with Crippen LogP contribution in [-0.2, 0) is 0 Å². The van der Waals surface area contributed by atoms with Gasteiger partial charge in [-0.1, -0.05) is 0 Å². The van der Waals surface area contributed by atoms with Crippen LogP contribution in [0.5, 0.6) is 11.5 Å². The Kier molecular flexibility index (Phi) is 4.02. The van der Waals surface area contributed by atoms with E-state index < -0.39 is 0 Å². The minimum atomic E-state index is -0.269. The zero-order valence-electron chi connectivity index (χ0n) is 11.4. The van der Waals surface area contributed by atoms with Crippen molar-refractivity contribution in [3.8, 4) is 11.5 Å². The van der Waals surface area contributed by atoms with Gasteiger partial charge in [-0.05, 0) is 36.2 Å². The van der Waals surface area contributed by atoms with Gasteiger partial charge in [0.25, 0.3) is 0 Å². The molecule has 4 heteroatoms. The van der Waals surface area contributed by atoms with Crippen molar-refractivity contribution in [3.05, 3.63) is 53.3 Å². The predicted octanol–water partition coefficient (Wildman–Crippen LogP) is 2.46. The summed E-state index contributed by atoms with van der Waals surface area (Å²) in [6, 6.07) is 7.32. The van der Waals surface area contributed by atoms with Crippen LogP contribution in [0.4, 0.5) is 0 Å². The second kappa shape index (κ2) is 5.71. The molecule has 0 bridgehead atoms. The molecule has 0 amide bonds. The van der Waals surface area contributed by atoms with Gasteiger partial charge in [0.2, 0.25) is 0 Å². The molecule has 100 valence electrons. The highest BCUT2D eigenvalue weighted by atomic mass is 16.5. The van der Waals surface area contributed by atoms with E-state index in [2.05, 4.69) is 4.98 Å². The number of methoxy groups -OCH3 is 2. The molecule has 0 radical (unpaired) electrons. The smallest absolute Gasteiger partial charge is 0.127 e. The Morgan fingerprint density at radius 3 is 2.53 bits per heavy atom. The number of nitrogens with zero attached hydrogens (tertiary/aromatic N) is 1. The van der Waals surface area contributed by atoms with Gasteiger partial charge in [0.1, 0.15) is 11.5 Å². The lowest BCUT2D eigenvalue weighted by molar-refractivity contribution is 0.390. The van der Waals surface area contributed by atoms with Crippen molar-refractivity contribution in [2.24, 2.45) is 5.73 Å². The van der Waals surface area contributed by atoms with Crippen LogP contribution >= 0.6 is 0 Å². The number of rotatable bonds is 4. The van der Waals surface area contributed by atoms with E-state index in [0.717, 1.165) is 28.2 Å². The molecule has 2 N–H and O–H groups in total. The third kappa shape index (κ3) is 2.69. The van der Waals surface area contributed by atoms with Gasteiger partial charge in [-0.2, -0.15) is 0 Å². The Hall–Kier alpha value is -2.07. The minimum absolute atomic E-state index is 0.269. The third-order valence-corrected chi connectivity index (χ3v) is 3.19. The van der Waals surface area contributed by atoms with Gasteiger partial charge in [-0.3, -0.25) is 4.98 Å². The van der Waals surface area contributed by atoms with Gasteiger partial charge in [0.05, 0.1) is 20.3 Å². The van der Waals surface area contributed by atoms with Crippen LogP contribution < -0.4 is 15.2 Å². The maximum Gasteiger partial charge on any atom is 0.127 e. The average molecular weight is 258 g/mol. The van der Waals surface area contributed by atoms with Crippen molar-refractivity contribution in [1.29, 1.82) is 0 Å². The molecule has 0 saturated carbocycles. The Labute approximate surface area is 113 Å². The molecule has 0 saturated heterocycles. The standard InChI is InChI=1S/C15H18N2O2/c1-10-6-7-17-9-13(10)15(16)12-5-4-11(18-2)8-14(12)19-3/h4-9,15H,16H2,1-3H3. The molecule has 2 rings (SSSR count). The van der Waals surface area contributed by atoms with Gasteiger partial charge in [-0.15, -0.1) is 0 Å². The lowest BCUT2D eigenvalue weighted by atomic mass is 9.97. The van der Waals surface area contributed by atoms with Crippen molar-refractivity contribution in [1.82, 2.24) is 4.98 Å². The fourth-order valence-corrected chi connectivity index (χ4v) is 2.04. The summed E-state index contributed by atoms with van der Waals surface area (Å²) in [6.07, 6.45) is 3.56. The summed E-state index contributed by atoms with van der Waals surface area (Å²) >= 11 is 0. The molecule has 1 aromatic heterocycles. The Morgan fingerprint density at radius 2 is 1.89 bits per heavy atom. The molecule has 1 heterocycles. The second-order valence-electron chi connectivity index (χ2n) is 4.32. The molecule has 0 fully saturated rings. The van der Waals surface area contributed by atoms with Crippen molar-refractivity contribution in [3.63, 3.8) is 0 Å². The fourth-order valence-electron chi connectivity index (χ4n) is 2.04. The number of hydrogen-bond acceptors (Lipinski definition) is 4. The Morgan fingerprint density at radius 1 is 1.11 bits per heavy atom. The van der Waals surface area contributed by atoms with E-state index in [9.17, 15) is 0 Å². The topological polar surface area (TPSA) is 57.4 Å². The normalized spacial score (nSPS) is 12.0. The van der Waals surface area contributed by atoms with Crippen molar-refractivity contribution >= 4 is 0 Å². The molecule has 19 heavy (non-hydrogen) atoms. The number of nitrogens with two attached hydrogens (primary N) is 1. The number of hydrogen-bond donors (Lipinski definition) is 1. The zero-order valence-corrected chi connectivity index (χ0v) is 11.4. The van der Waals surface area contributed by atoms with Crippen molar-refractivity contribution in [2.45, 2.75) is 13.0 Å². The average Bonchev–Trinajstić information content (AvgIpc) is 2.46. The summed E-state index contributed by atoms with van der Waals surface area (Å²) < 4.78 is 10.6. The predicted molar refractivity (Wildman–Crippen MR) is 74.6 cm³/mol. The first-order valence-corrected chi connectivity index (χ1v) is 6.05. The summed E-state index contributed by atoms with van der Waals surface area (Å²) in [5.74, 6) is 1.46. The fraction of sp³-hybridized carbons (Fsp3) is 0.267. The number of aryl methyl sites for hydroxylation is 1. The number of pyridine rings is 1. The van der Waals surface area contributed by atoms with Crippen LogP contribution in [0.15, 0.2) is 36.7 Å². The molecular formula is C15H18N2O2. The van der Waals surface area contributed by atoms with Gasteiger partial charge in [-0.25, -0.2) is 0 Å². The lowest BCUT2D eigenvalue weighted by Crippen LogP contribution is -2.14. The summed E-state index contributed by atoms with van der Waals surface area (Å²) in [4.78, 5) is 4.14. The van der Waals surface area contributed by atoms with E-state index in [0.29, 0.717) is 0 Å². The second-order valence-corrected chi connectivity index (χ2v) is 4.32. The van der Waals surface area contributed by atoms with E-state index in [1.165, 1.54) is 0 Å². The maximum absolute atomic E-state index is 6.32. The maximum atomic E-state index is 6.32. The first-order chi connectivity index (χ1) is 9.17. The van der Waals surface area contributed by atoms with Crippen LogP contribution in [0.1, 0.15) is 22.7 Å². The van der Waals surface area contributed by atoms with Crippen molar-refractivity contribution in [2.75, 3.05) is 14.2 Å². The highest BCUT2D eigenvalue weighted by Gasteiger charge is 2.16. The van der Waals surface area contributed by atoms with Crippen LogP contribution in [-0.4, -0.2) is 19.2 Å². The first kappa shape index (κ1) is 13.4. The van der Waals surface area contributed by atoms with Crippen LogP contribution in [0.3, 0.4) is 0 Å². The quantitative estimate of drug-likeness (QED) is 0.915. The monoisotopic (exact) mass is 258 g/mol. The molecule has 0 aliphatic carbocycles. The van der Waals surface area contributed by atoms with Crippen LogP contribution in [0.2, 0.25) is 0 Å². The highest BCUT2D eigenvalue weighted by Crippen LogP contribution is 2.32. The molecule has 1 aromatic carbocycles.